The maximum Gasteiger partial charge on any atom is 0.166 e. The predicted molar refractivity (Wildman–Crippen MR) is 105 cm³/mol. The maximum absolute atomic E-state index is 5.93. The lowest BCUT2D eigenvalue weighted by Crippen LogP contribution is -2.18. The summed E-state index contributed by atoms with van der Waals surface area (Å²) in [5, 5.41) is 3.49. The Balaban J connectivity index is 2.02. The minimum absolute atomic E-state index is 0.668. The van der Waals surface area contributed by atoms with Gasteiger partial charge in [-0.2, -0.15) is 0 Å². The monoisotopic (exact) mass is 407 g/mol. The van der Waals surface area contributed by atoms with Gasteiger partial charge in [-0.05, 0) is 43.1 Å². The van der Waals surface area contributed by atoms with E-state index in [-0.39, 0.29) is 0 Å². The first-order chi connectivity index (χ1) is 12.2. The van der Waals surface area contributed by atoms with Crippen molar-refractivity contribution < 1.29 is 14.2 Å². The molecule has 0 aliphatic heterocycles. The van der Waals surface area contributed by atoms with E-state index in [2.05, 4.69) is 34.2 Å². The molecule has 0 fully saturated rings. The standard InChI is InChI=1S/C20H26BrNO3/c1-4-13-25-20-16(17(21)9-10-19(20)24-3)14-22-12-11-15-7-5-6-8-18(15)23-2/h5-10,22H,4,11-14H2,1-3H3. The summed E-state index contributed by atoms with van der Waals surface area (Å²) in [6.45, 7) is 4.31. The summed E-state index contributed by atoms with van der Waals surface area (Å²) in [5.74, 6) is 2.50. The number of methoxy groups -OCH3 is 2. The second-order valence-electron chi connectivity index (χ2n) is 5.64. The molecule has 25 heavy (non-hydrogen) atoms. The summed E-state index contributed by atoms with van der Waals surface area (Å²) in [6.07, 6.45) is 1.85. The van der Waals surface area contributed by atoms with Gasteiger partial charge in [-0.1, -0.05) is 41.1 Å². The van der Waals surface area contributed by atoms with E-state index < -0.39 is 0 Å². The van der Waals surface area contributed by atoms with E-state index in [1.54, 1.807) is 14.2 Å². The third kappa shape index (κ3) is 5.38. The second kappa shape index (κ2) is 10.3. The molecule has 5 heteroatoms. The van der Waals surface area contributed by atoms with Crippen LogP contribution < -0.4 is 19.5 Å². The van der Waals surface area contributed by atoms with Crippen molar-refractivity contribution in [2.24, 2.45) is 0 Å². The van der Waals surface area contributed by atoms with E-state index in [4.69, 9.17) is 14.2 Å². The van der Waals surface area contributed by atoms with E-state index in [0.29, 0.717) is 13.2 Å². The highest BCUT2D eigenvalue weighted by Gasteiger charge is 2.14. The minimum Gasteiger partial charge on any atom is -0.496 e. The summed E-state index contributed by atoms with van der Waals surface area (Å²) < 4.78 is 17.8. The van der Waals surface area contributed by atoms with Gasteiger partial charge in [0.05, 0.1) is 20.8 Å². The molecule has 4 nitrogen and oxygen atoms in total. The van der Waals surface area contributed by atoms with Crippen molar-refractivity contribution in [3.05, 3.63) is 52.0 Å². The van der Waals surface area contributed by atoms with Gasteiger partial charge in [0.25, 0.3) is 0 Å². The SMILES string of the molecule is CCCOc1c(OC)ccc(Br)c1CNCCc1ccccc1OC. The lowest BCUT2D eigenvalue weighted by Gasteiger charge is -2.17. The normalized spacial score (nSPS) is 10.6. The Morgan fingerprint density at radius 3 is 2.48 bits per heavy atom. The Bertz CT molecular complexity index is 676. The van der Waals surface area contributed by atoms with Gasteiger partial charge >= 0.3 is 0 Å². The number of hydrogen-bond donors (Lipinski definition) is 1. The summed E-state index contributed by atoms with van der Waals surface area (Å²) in [6, 6.07) is 12.0. The number of para-hydroxylation sites is 1. The molecule has 0 aromatic heterocycles. The Morgan fingerprint density at radius 1 is 1.00 bits per heavy atom. The van der Waals surface area contributed by atoms with Crippen molar-refractivity contribution in [3.63, 3.8) is 0 Å². The topological polar surface area (TPSA) is 39.7 Å². The third-order valence-corrected chi connectivity index (χ3v) is 4.65. The van der Waals surface area contributed by atoms with Crippen molar-refractivity contribution in [2.45, 2.75) is 26.3 Å². The van der Waals surface area contributed by atoms with Crippen molar-refractivity contribution >= 4 is 15.9 Å². The fourth-order valence-corrected chi connectivity index (χ4v) is 3.07. The van der Waals surface area contributed by atoms with Crippen LogP contribution in [0.5, 0.6) is 17.2 Å². The van der Waals surface area contributed by atoms with Crippen molar-refractivity contribution in [3.8, 4) is 17.2 Å². The van der Waals surface area contributed by atoms with Gasteiger partial charge in [0, 0.05) is 16.6 Å². The Morgan fingerprint density at radius 2 is 1.76 bits per heavy atom. The van der Waals surface area contributed by atoms with E-state index in [0.717, 1.165) is 46.7 Å². The molecule has 0 heterocycles. The van der Waals surface area contributed by atoms with Gasteiger partial charge in [0.1, 0.15) is 5.75 Å². The second-order valence-corrected chi connectivity index (χ2v) is 6.50. The smallest absolute Gasteiger partial charge is 0.166 e. The van der Waals surface area contributed by atoms with Crippen LogP contribution in [0.25, 0.3) is 0 Å². The van der Waals surface area contributed by atoms with E-state index in [1.165, 1.54) is 5.56 Å². The predicted octanol–water partition coefficient (Wildman–Crippen LogP) is 4.59. The molecule has 0 atom stereocenters. The number of ether oxygens (including phenoxy) is 3. The van der Waals surface area contributed by atoms with E-state index in [9.17, 15) is 0 Å². The minimum atomic E-state index is 0.668. The lowest BCUT2D eigenvalue weighted by atomic mass is 10.1. The average molecular weight is 408 g/mol. The van der Waals surface area contributed by atoms with Crippen LogP contribution in [0, 0.1) is 0 Å². The maximum atomic E-state index is 5.93. The van der Waals surface area contributed by atoms with Gasteiger partial charge in [0.15, 0.2) is 11.5 Å². The van der Waals surface area contributed by atoms with Crippen LogP contribution in [0.15, 0.2) is 40.9 Å². The van der Waals surface area contributed by atoms with E-state index in [1.807, 2.05) is 30.3 Å². The van der Waals surface area contributed by atoms with E-state index >= 15 is 0 Å². The molecule has 2 rings (SSSR count). The molecule has 0 aliphatic carbocycles. The zero-order valence-corrected chi connectivity index (χ0v) is 16.7. The first kappa shape index (κ1) is 19.6. The molecule has 136 valence electrons. The van der Waals surface area contributed by atoms with Crippen LogP contribution in [-0.4, -0.2) is 27.4 Å². The largest absolute Gasteiger partial charge is 0.496 e. The molecule has 0 bridgehead atoms. The number of halogens is 1. The molecule has 0 amide bonds. The highest BCUT2D eigenvalue weighted by molar-refractivity contribution is 9.10. The van der Waals surface area contributed by atoms with Crippen LogP contribution in [0.3, 0.4) is 0 Å². The summed E-state index contributed by atoms with van der Waals surface area (Å²) in [5.41, 5.74) is 2.28. The lowest BCUT2D eigenvalue weighted by molar-refractivity contribution is 0.290. The fraction of sp³-hybridized carbons (Fsp3) is 0.400. The van der Waals surface area contributed by atoms with Crippen molar-refractivity contribution in [1.82, 2.24) is 5.32 Å². The number of hydrogen-bond acceptors (Lipinski definition) is 4. The molecular weight excluding hydrogens is 382 g/mol. The molecule has 0 saturated heterocycles. The summed E-state index contributed by atoms with van der Waals surface area (Å²) in [7, 11) is 3.37. The molecule has 0 spiro atoms. The Hall–Kier alpha value is -1.72. The molecular formula is C20H26BrNO3. The molecule has 0 saturated carbocycles. The quantitative estimate of drug-likeness (QED) is 0.584. The van der Waals surface area contributed by atoms with Crippen LogP contribution in [0.2, 0.25) is 0 Å². The highest BCUT2D eigenvalue weighted by atomic mass is 79.9. The van der Waals surface area contributed by atoms with Crippen molar-refractivity contribution in [2.75, 3.05) is 27.4 Å². The zero-order chi connectivity index (χ0) is 18.1. The van der Waals surface area contributed by atoms with Crippen molar-refractivity contribution in [1.29, 1.82) is 0 Å². The molecule has 0 radical (unpaired) electrons. The molecule has 2 aromatic carbocycles. The number of nitrogens with one attached hydrogen (secondary N) is 1. The first-order valence-corrected chi connectivity index (χ1v) is 9.31. The third-order valence-electron chi connectivity index (χ3n) is 3.90. The average Bonchev–Trinajstić information content (AvgIpc) is 2.65. The van der Waals surface area contributed by atoms with Gasteiger partial charge in [-0.3, -0.25) is 0 Å². The molecule has 2 aromatic rings. The summed E-state index contributed by atoms with van der Waals surface area (Å²) >= 11 is 3.63. The van der Waals surface area contributed by atoms with Gasteiger partial charge in [-0.15, -0.1) is 0 Å². The highest BCUT2D eigenvalue weighted by Crippen LogP contribution is 2.36. The first-order valence-electron chi connectivity index (χ1n) is 8.52. The van der Waals surface area contributed by atoms with Gasteiger partial charge < -0.3 is 19.5 Å². The van der Waals surface area contributed by atoms with Crippen LogP contribution in [-0.2, 0) is 13.0 Å². The molecule has 0 aliphatic rings. The van der Waals surface area contributed by atoms with Gasteiger partial charge in [-0.25, -0.2) is 0 Å². The van der Waals surface area contributed by atoms with Crippen LogP contribution in [0.1, 0.15) is 24.5 Å². The zero-order valence-electron chi connectivity index (χ0n) is 15.1. The number of rotatable bonds is 10. The van der Waals surface area contributed by atoms with Crippen LogP contribution >= 0.6 is 15.9 Å². The summed E-state index contributed by atoms with van der Waals surface area (Å²) in [4.78, 5) is 0. The van der Waals surface area contributed by atoms with Gasteiger partial charge in [0.2, 0.25) is 0 Å². The molecule has 1 N–H and O–H groups in total. The Kier molecular flexibility index (Phi) is 8.09. The fourth-order valence-electron chi connectivity index (χ4n) is 2.62. The number of benzene rings is 2. The van der Waals surface area contributed by atoms with Crippen LogP contribution in [0.4, 0.5) is 0 Å². The Labute approximate surface area is 158 Å². The molecule has 0 unspecified atom stereocenters.